The van der Waals surface area contributed by atoms with Crippen LogP contribution in [0.4, 0.5) is 0 Å². The Hall–Kier alpha value is -3.90. The third kappa shape index (κ3) is 6.58. The molecule has 0 unspecified atom stereocenters. The van der Waals surface area contributed by atoms with Crippen molar-refractivity contribution in [3.05, 3.63) is 108 Å². The van der Waals surface area contributed by atoms with Gasteiger partial charge in [-0.25, -0.2) is 0 Å². The maximum Gasteiger partial charge on any atom is 0.254 e. The smallest absolute Gasteiger partial charge is 0.254 e. The number of furan rings is 1. The van der Waals surface area contributed by atoms with E-state index in [2.05, 4.69) is 0 Å². The third-order valence-electron chi connectivity index (χ3n) is 5.97. The second-order valence-electron chi connectivity index (χ2n) is 8.41. The summed E-state index contributed by atoms with van der Waals surface area (Å²) in [6, 6.07) is 27.2. The zero-order valence-corrected chi connectivity index (χ0v) is 19.9. The van der Waals surface area contributed by atoms with E-state index in [1.807, 2.05) is 84.9 Å². The summed E-state index contributed by atoms with van der Waals surface area (Å²) < 4.78 is 10.7. The van der Waals surface area contributed by atoms with Crippen LogP contribution in [0.2, 0.25) is 0 Å². The zero-order valence-electron chi connectivity index (χ0n) is 19.9. The lowest BCUT2D eigenvalue weighted by atomic mass is 10.1. The lowest BCUT2D eigenvalue weighted by Gasteiger charge is -2.27. The number of rotatable bonds is 11. The van der Waals surface area contributed by atoms with Gasteiger partial charge in [0.15, 0.2) is 0 Å². The van der Waals surface area contributed by atoms with Crippen LogP contribution in [0.1, 0.15) is 21.7 Å². The molecule has 0 aliphatic rings. The molecule has 6 nitrogen and oxygen atoms in total. The second kappa shape index (κ2) is 12.0. The van der Waals surface area contributed by atoms with E-state index in [1.165, 1.54) is 0 Å². The zero-order chi connectivity index (χ0) is 24.5. The quantitative estimate of drug-likeness (QED) is 0.316. The van der Waals surface area contributed by atoms with Crippen LogP contribution in [-0.2, 0) is 22.5 Å². The van der Waals surface area contributed by atoms with Crippen LogP contribution in [0.15, 0.2) is 95.6 Å². The fourth-order valence-electron chi connectivity index (χ4n) is 4.01. The highest BCUT2D eigenvalue weighted by Crippen LogP contribution is 2.17. The largest absolute Gasteiger partial charge is 0.467 e. The Kier molecular flexibility index (Phi) is 8.30. The Balaban J connectivity index is 1.51. The van der Waals surface area contributed by atoms with E-state index in [4.69, 9.17) is 9.15 Å². The van der Waals surface area contributed by atoms with Gasteiger partial charge in [0.2, 0.25) is 5.91 Å². The van der Waals surface area contributed by atoms with Crippen molar-refractivity contribution in [1.29, 1.82) is 0 Å². The number of amides is 2. The normalized spacial score (nSPS) is 10.9. The molecule has 0 bridgehead atoms. The number of nitrogens with zero attached hydrogens (tertiary/aromatic N) is 2. The molecular formula is C29H30N2O4. The Morgan fingerprint density at radius 1 is 0.829 bits per heavy atom. The summed E-state index contributed by atoms with van der Waals surface area (Å²) in [5.41, 5.74) is 1.70. The third-order valence-corrected chi connectivity index (χ3v) is 5.97. The summed E-state index contributed by atoms with van der Waals surface area (Å²) in [5.74, 6) is 0.375. The Morgan fingerprint density at radius 3 is 2.34 bits per heavy atom. The van der Waals surface area contributed by atoms with Crippen molar-refractivity contribution in [2.45, 2.75) is 13.0 Å². The van der Waals surface area contributed by atoms with Crippen molar-refractivity contribution < 1.29 is 18.7 Å². The molecule has 0 saturated heterocycles. The summed E-state index contributed by atoms with van der Waals surface area (Å²) in [7, 11) is 1.59. The molecule has 0 N–H and O–H groups in total. The van der Waals surface area contributed by atoms with Gasteiger partial charge in [0.05, 0.1) is 19.4 Å². The molecule has 2 amide bonds. The van der Waals surface area contributed by atoms with Crippen molar-refractivity contribution >= 4 is 22.6 Å². The first-order chi connectivity index (χ1) is 17.1. The van der Waals surface area contributed by atoms with Crippen LogP contribution in [0.5, 0.6) is 0 Å². The summed E-state index contributed by atoms with van der Waals surface area (Å²) in [5, 5.41) is 2.05. The minimum Gasteiger partial charge on any atom is -0.467 e. The van der Waals surface area contributed by atoms with Crippen LogP contribution in [-0.4, -0.2) is 55.0 Å². The number of carbonyl (C=O) groups is 2. The molecule has 180 valence electrons. The molecule has 3 aromatic carbocycles. The van der Waals surface area contributed by atoms with Gasteiger partial charge in [-0.15, -0.1) is 0 Å². The van der Waals surface area contributed by atoms with Crippen molar-refractivity contribution in [2.75, 3.05) is 33.4 Å². The van der Waals surface area contributed by atoms with Crippen molar-refractivity contribution in [3.63, 3.8) is 0 Å². The highest BCUT2D eigenvalue weighted by Gasteiger charge is 2.23. The molecule has 1 aromatic heterocycles. The van der Waals surface area contributed by atoms with E-state index in [9.17, 15) is 9.59 Å². The summed E-state index contributed by atoms with van der Waals surface area (Å²) in [6.07, 6.45) is 2.31. The number of carbonyl (C=O) groups excluding carboxylic acids is 2. The van der Waals surface area contributed by atoms with Crippen LogP contribution >= 0.6 is 0 Å². The molecule has 1 heterocycles. The van der Waals surface area contributed by atoms with E-state index in [1.54, 1.807) is 23.2 Å². The first-order valence-corrected chi connectivity index (χ1v) is 11.7. The van der Waals surface area contributed by atoms with Crippen molar-refractivity contribution in [3.8, 4) is 0 Å². The van der Waals surface area contributed by atoms with Gasteiger partial charge in [0, 0.05) is 25.8 Å². The number of fused-ring (bicyclic) bond motifs is 1. The number of ether oxygens (including phenoxy) is 1. The second-order valence-corrected chi connectivity index (χ2v) is 8.41. The number of methoxy groups -OCH3 is 1. The molecule has 0 aliphatic carbocycles. The van der Waals surface area contributed by atoms with Crippen molar-refractivity contribution in [2.24, 2.45) is 0 Å². The van der Waals surface area contributed by atoms with E-state index in [-0.39, 0.29) is 18.4 Å². The van der Waals surface area contributed by atoms with Crippen LogP contribution < -0.4 is 0 Å². The minimum atomic E-state index is -0.192. The average Bonchev–Trinajstić information content (AvgIpc) is 3.42. The molecule has 4 aromatic rings. The summed E-state index contributed by atoms with van der Waals surface area (Å²) in [4.78, 5) is 30.2. The number of hydrogen-bond acceptors (Lipinski definition) is 4. The van der Waals surface area contributed by atoms with Crippen LogP contribution in [0, 0.1) is 0 Å². The number of hydrogen-bond donors (Lipinski definition) is 0. The topological polar surface area (TPSA) is 63.0 Å². The molecule has 4 rings (SSSR count). The van der Waals surface area contributed by atoms with E-state index in [0.29, 0.717) is 44.0 Å². The molecule has 0 radical (unpaired) electrons. The molecule has 0 saturated carbocycles. The molecular weight excluding hydrogens is 440 g/mol. The highest BCUT2D eigenvalue weighted by molar-refractivity contribution is 6.00. The maximum absolute atomic E-state index is 13.5. The Bertz CT molecular complexity index is 1240. The Morgan fingerprint density at radius 2 is 1.60 bits per heavy atom. The standard InChI is InChI=1S/C29H30N2O4/c1-34-19-17-31(29(33)26-14-13-24-10-5-6-11-25(24)20-26)22-28(32)30(21-27-12-7-18-35-27)16-15-23-8-3-2-4-9-23/h2-14,18,20H,15-17,19,21-22H2,1H3. The van der Waals surface area contributed by atoms with Crippen molar-refractivity contribution in [1.82, 2.24) is 9.80 Å². The Labute approximate surface area is 205 Å². The molecule has 0 atom stereocenters. The first-order valence-electron chi connectivity index (χ1n) is 11.7. The van der Waals surface area contributed by atoms with Crippen LogP contribution in [0.3, 0.4) is 0 Å². The molecule has 35 heavy (non-hydrogen) atoms. The maximum atomic E-state index is 13.5. The minimum absolute atomic E-state index is 0.0372. The van der Waals surface area contributed by atoms with Crippen LogP contribution in [0.25, 0.3) is 10.8 Å². The lowest BCUT2D eigenvalue weighted by Crippen LogP contribution is -2.44. The summed E-state index contributed by atoms with van der Waals surface area (Å²) in [6.45, 7) is 1.49. The monoisotopic (exact) mass is 470 g/mol. The SMILES string of the molecule is COCCN(CC(=O)N(CCc1ccccc1)Cc1ccco1)C(=O)c1ccc2ccccc2c1. The van der Waals surface area contributed by atoms with Gasteiger partial charge in [0.25, 0.3) is 5.91 Å². The molecule has 6 heteroatoms. The average molecular weight is 471 g/mol. The fraction of sp³-hybridized carbons (Fsp3) is 0.241. The van der Waals surface area contributed by atoms with Gasteiger partial charge in [-0.05, 0) is 47.0 Å². The van der Waals surface area contributed by atoms with Gasteiger partial charge in [-0.2, -0.15) is 0 Å². The molecule has 0 fully saturated rings. The first kappa shape index (κ1) is 24.2. The highest BCUT2D eigenvalue weighted by atomic mass is 16.5. The van der Waals surface area contributed by atoms with Gasteiger partial charge in [0.1, 0.15) is 12.3 Å². The van der Waals surface area contributed by atoms with E-state index < -0.39 is 0 Å². The predicted molar refractivity (Wildman–Crippen MR) is 136 cm³/mol. The van der Waals surface area contributed by atoms with Gasteiger partial charge in [-0.3, -0.25) is 9.59 Å². The van der Waals surface area contributed by atoms with Gasteiger partial charge >= 0.3 is 0 Å². The number of benzene rings is 3. The van der Waals surface area contributed by atoms with E-state index in [0.717, 1.165) is 16.3 Å². The van der Waals surface area contributed by atoms with Gasteiger partial charge in [-0.1, -0.05) is 60.7 Å². The summed E-state index contributed by atoms with van der Waals surface area (Å²) >= 11 is 0. The molecule has 0 aliphatic heterocycles. The van der Waals surface area contributed by atoms with E-state index >= 15 is 0 Å². The van der Waals surface area contributed by atoms with Gasteiger partial charge < -0.3 is 19.0 Å². The molecule has 0 spiro atoms. The fourth-order valence-corrected chi connectivity index (χ4v) is 4.01. The lowest BCUT2D eigenvalue weighted by molar-refractivity contribution is -0.132. The predicted octanol–water partition coefficient (Wildman–Crippen LogP) is 4.79.